The molecular formula is C20H31N3O. The summed E-state index contributed by atoms with van der Waals surface area (Å²) in [4.78, 5) is 17.0. The summed E-state index contributed by atoms with van der Waals surface area (Å²) in [6.07, 6.45) is 8.63. The summed E-state index contributed by atoms with van der Waals surface area (Å²) < 4.78 is 0. The van der Waals surface area contributed by atoms with Gasteiger partial charge in [0.1, 0.15) is 0 Å². The van der Waals surface area contributed by atoms with Crippen LogP contribution in [0, 0.1) is 5.92 Å². The monoisotopic (exact) mass is 329 g/mol. The van der Waals surface area contributed by atoms with Crippen molar-refractivity contribution in [1.82, 2.24) is 4.90 Å². The van der Waals surface area contributed by atoms with Crippen molar-refractivity contribution in [2.75, 3.05) is 43.4 Å². The Bertz CT molecular complexity index is 531. The second-order valence-corrected chi connectivity index (χ2v) is 7.18. The Labute approximate surface area is 146 Å². The fourth-order valence-electron chi connectivity index (χ4n) is 4.12. The molecular weight excluding hydrogens is 298 g/mol. The lowest BCUT2D eigenvalue weighted by atomic mass is 9.86. The molecule has 0 radical (unpaired) electrons. The minimum atomic E-state index is 0.363. The van der Waals surface area contributed by atoms with E-state index in [1.807, 2.05) is 7.05 Å². The zero-order valence-electron chi connectivity index (χ0n) is 15.0. The van der Waals surface area contributed by atoms with Gasteiger partial charge in [-0.15, -0.1) is 0 Å². The molecule has 0 aromatic heterocycles. The second kappa shape index (κ2) is 8.41. The Balaban J connectivity index is 1.46. The number of benzene rings is 1. The Morgan fingerprint density at radius 2 is 1.79 bits per heavy atom. The van der Waals surface area contributed by atoms with Gasteiger partial charge in [0.2, 0.25) is 5.91 Å². The van der Waals surface area contributed by atoms with E-state index in [2.05, 4.69) is 39.4 Å². The van der Waals surface area contributed by atoms with E-state index in [0.717, 1.165) is 50.6 Å². The van der Waals surface area contributed by atoms with Crippen LogP contribution in [0.25, 0.3) is 0 Å². The number of carbonyl (C=O) groups excluding carboxylic acids is 1. The van der Waals surface area contributed by atoms with Crippen LogP contribution in [0.1, 0.15) is 44.9 Å². The first-order valence-electron chi connectivity index (χ1n) is 9.57. The third kappa shape index (κ3) is 4.22. The molecule has 3 rings (SSSR count). The van der Waals surface area contributed by atoms with Gasteiger partial charge in [-0.2, -0.15) is 0 Å². The number of anilines is 2. The number of hydrogen-bond donors (Lipinski definition) is 1. The zero-order valence-corrected chi connectivity index (χ0v) is 15.0. The summed E-state index contributed by atoms with van der Waals surface area (Å²) in [6, 6.07) is 8.40. The summed E-state index contributed by atoms with van der Waals surface area (Å²) in [5.41, 5.74) is 2.41. The van der Waals surface area contributed by atoms with Gasteiger partial charge in [-0.25, -0.2) is 0 Å². The minimum absolute atomic E-state index is 0.363. The number of amides is 1. The molecule has 4 nitrogen and oxygen atoms in total. The van der Waals surface area contributed by atoms with Gasteiger partial charge in [-0.1, -0.05) is 44.2 Å². The summed E-state index contributed by atoms with van der Waals surface area (Å²) >= 11 is 0. The van der Waals surface area contributed by atoms with E-state index in [9.17, 15) is 4.79 Å². The molecule has 0 bridgehead atoms. The van der Waals surface area contributed by atoms with E-state index in [1.165, 1.54) is 37.8 Å². The fourth-order valence-corrected chi connectivity index (χ4v) is 4.12. The molecule has 2 aliphatic rings. The van der Waals surface area contributed by atoms with Crippen molar-refractivity contribution < 1.29 is 4.79 Å². The summed E-state index contributed by atoms with van der Waals surface area (Å²) in [6.45, 7) is 3.55. The molecule has 1 aliphatic carbocycles. The maximum absolute atomic E-state index is 12.5. The van der Waals surface area contributed by atoms with Crippen LogP contribution in [0.2, 0.25) is 0 Å². The van der Waals surface area contributed by atoms with E-state index >= 15 is 0 Å². The molecule has 1 saturated carbocycles. The molecule has 24 heavy (non-hydrogen) atoms. The Kier molecular flexibility index (Phi) is 6.00. The lowest BCUT2D eigenvalue weighted by molar-refractivity contribution is -0.131. The fraction of sp³-hybridized carbons (Fsp3) is 0.650. The van der Waals surface area contributed by atoms with Gasteiger partial charge in [0.25, 0.3) is 0 Å². The maximum atomic E-state index is 12.5. The smallest absolute Gasteiger partial charge is 0.222 e. The van der Waals surface area contributed by atoms with Gasteiger partial charge in [-0.3, -0.25) is 4.79 Å². The summed E-state index contributed by atoms with van der Waals surface area (Å²) in [5, 5.41) is 3.26. The van der Waals surface area contributed by atoms with Crippen LogP contribution in [-0.2, 0) is 4.79 Å². The number of rotatable bonds is 5. The van der Waals surface area contributed by atoms with Crippen LogP contribution in [-0.4, -0.2) is 44.0 Å². The van der Waals surface area contributed by atoms with Crippen LogP contribution in [0.4, 0.5) is 11.4 Å². The lowest BCUT2D eigenvalue weighted by Gasteiger charge is -2.37. The van der Waals surface area contributed by atoms with Gasteiger partial charge < -0.3 is 15.1 Å². The van der Waals surface area contributed by atoms with Crippen molar-refractivity contribution in [2.45, 2.75) is 44.9 Å². The minimum Gasteiger partial charge on any atom is -0.386 e. The highest BCUT2D eigenvalue weighted by molar-refractivity contribution is 5.77. The predicted molar refractivity (Wildman–Crippen MR) is 101 cm³/mol. The number of piperazine rings is 1. The Morgan fingerprint density at radius 3 is 2.50 bits per heavy atom. The first-order valence-corrected chi connectivity index (χ1v) is 9.57. The number of hydrogen-bond acceptors (Lipinski definition) is 3. The molecule has 4 heteroatoms. The normalized spacial score (nSPS) is 19.4. The van der Waals surface area contributed by atoms with Crippen molar-refractivity contribution >= 4 is 17.3 Å². The summed E-state index contributed by atoms with van der Waals surface area (Å²) in [5.74, 6) is 1.16. The van der Waals surface area contributed by atoms with E-state index in [4.69, 9.17) is 0 Å². The van der Waals surface area contributed by atoms with E-state index in [0.29, 0.717) is 5.91 Å². The third-order valence-electron chi connectivity index (χ3n) is 5.64. The largest absolute Gasteiger partial charge is 0.386 e. The van der Waals surface area contributed by atoms with Crippen LogP contribution in [0.5, 0.6) is 0 Å². The van der Waals surface area contributed by atoms with Crippen molar-refractivity contribution in [3.8, 4) is 0 Å². The second-order valence-electron chi connectivity index (χ2n) is 7.18. The van der Waals surface area contributed by atoms with Gasteiger partial charge in [0, 0.05) is 39.6 Å². The van der Waals surface area contributed by atoms with Crippen LogP contribution in [0.3, 0.4) is 0 Å². The number of carbonyl (C=O) groups is 1. The number of nitrogens with zero attached hydrogens (tertiary/aromatic N) is 2. The predicted octanol–water partition coefficient (Wildman–Crippen LogP) is 3.74. The van der Waals surface area contributed by atoms with E-state index < -0.39 is 0 Å². The molecule has 0 spiro atoms. The number of para-hydroxylation sites is 2. The number of nitrogens with one attached hydrogen (secondary N) is 1. The highest BCUT2D eigenvalue weighted by Gasteiger charge is 2.23. The molecule has 1 N–H and O–H groups in total. The van der Waals surface area contributed by atoms with Gasteiger partial charge in [-0.05, 0) is 24.5 Å². The molecule has 1 heterocycles. The quantitative estimate of drug-likeness (QED) is 0.894. The van der Waals surface area contributed by atoms with E-state index in [-0.39, 0.29) is 0 Å². The molecule has 1 aromatic rings. The highest BCUT2D eigenvalue weighted by atomic mass is 16.2. The zero-order chi connectivity index (χ0) is 16.8. The highest BCUT2D eigenvalue weighted by Crippen LogP contribution is 2.28. The molecule has 2 fully saturated rings. The van der Waals surface area contributed by atoms with Crippen LogP contribution >= 0.6 is 0 Å². The van der Waals surface area contributed by atoms with Crippen molar-refractivity contribution in [3.05, 3.63) is 24.3 Å². The molecule has 1 amide bonds. The molecule has 0 atom stereocenters. The van der Waals surface area contributed by atoms with Crippen molar-refractivity contribution in [1.29, 1.82) is 0 Å². The Morgan fingerprint density at radius 1 is 1.08 bits per heavy atom. The van der Waals surface area contributed by atoms with Gasteiger partial charge in [0.15, 0.2) is 0 Å². The third-order valence-corrected chi connectivity index (χ3v) is 5.64. The Hall–Kier alpha value is -1.71. The van der Waals surface area contributed by atoms with Crippen molar-refractivity contribution in [3.63, 3.8) is 0 Å². The first kappa shape index (κ1) is 17.1. The maximum Gasteiger partial charge on any atom is 0.222 e. The SMILES string of the molecule is CNc1ccccc1N1CCN(C(=O)CCC2CCCCC2)CC1. The van der Waals surface area contributed by atoms with Gasteiger partial charge >= 0.3 is 0 Å². The average molecular weight is 329 g/mol. The standard InChI is InChI=1S/C20H31N3O/c1-21-18-9-5-6-10-19(18)22-13-15-23(16-14-22)20(24)12-11-17-7-3-2-4-8-17/h5-6,9-10,17,21H,2-4,7-8,11-16H2,1H3. The van der Waals surface area contributed by atoms with Crippen LogP contribution < -0.4 is 10.2 Å². The van der Waals surface area contributed by atoms with E-state index in [1.54, 1.807) is 0 Å². The van der Waals surface area contributed by atoms with Gasteiger partial charge in [0.05, 0.1) is 11.4 Å². The average Bonchev–Trinajstić information content (AvgIpc) is 2.67. The molecule has 132 valence electrons. The van der Waals surface area contributed by atoms with Crippen LogP contribution in [0.15, 0.2) is 24.3 Å². The topological polar surface area (TPSA) is 35.6 Å². The molecule has 1 saturated heterocycles. The lowest BCUT2D eigenvalue weighted by Crippen LogP contribution is -2.49. The molecule has 0 unspecified atom stereocenters. The summed E-state index contributed by atoms with van der Waals surface area (Å²) in [7, 11) is 1.96. The van der Waals surface area contributed by atoms with Crippen molar-refractivity contribution in [2.24, 2.45) is 5.92 Å². The molecule has 1 aromatic carbocycles. The molecule has 1 aliphatic heterocycles. The first-order chi connectivity index (χ1) is 11.8.